The molecule has 0 bridgehead atoms. The zero-order chi connectivity index (χ0) is 10.9. The van der Waals surface area contributed by atoms with Crippen LogP contribution < -0.4 is 5.73 Å². The number of hydrogen-bond donors (Lipinski definition) is 1. The molecule has 1 atom stereocenters. The van der Waals surface area contributed by atoms with Crippen LogP contribution in [0.3, 0.4) is 0 Å². The molecule has 0 amide bonds. The molecular formula is C13H27NO. The van der Waals surface area contributed by atoms with Crippen molar-refractivity contribution in [1.29, 1.82) is 0 Å². The van der Waals surface area contributed by atoms with Crippen LogP contribution in [0.1, 0.15) is 64.7 Å². The molecule has 2 N–H and O–H groups in total. The van der Waals surface area contributed by atoms with Gasteiger partial charge in [-0.2, -0.15) is 0 Å². The summed E-state index contributed by atoms with van der Waals surface area (Å²) in [6.45, 7) is 3.04. The summed E-state index contributed by atoms with van der Waals surface area (Å²) in [6.07, 6.45) is 12.4. The predicted molar refractivity (Wildman–Crippen MR) is 64.9 cm³/mol. The Balaban J connectivity index is 2.21. The summed E-state index contributed by atoms with van der Waals surface area (Å²) < 4.78 is 6.18. The molecule has 2 nitrogen and oxygen atoms in total. The lowest BCUT2D eigenvalue weighted by Gasteiger charge is -2.27. The molecule has 1 fully saturated rings. The van der Waals surface area contributed by atoms with Crippen LogP contribution in [0.15, 0.2) is 0 Å². The minimum Gasteiger partial charge on any atom is -0.375 e. The van der Waals surface area contributed by atoms with Gasteiger partial charge in [-0.15, -0.1) is 0 Å². The maximum atomic E-state index is 6.18. The SMILES string of the molecule is CCCC(CCCN)OC1CCCCC1. The Morgan fingerprint density at radius 2 is 1.93 bits per heavy atom. The van der Waals surface area contributed by atoms with Crippen molar-refractivity contribution in [3.05, 3.63) is 0 Å². The number of hydrogen-bond acceptors (Lipinski definition) is 2. The first-order valence-corrected chi connectivity index (χ1v) is 6.72. The van der Waals surface area contributed by atoms with E-state index in [-0.39, 0.29) is 0 Å². The Morgan fingerprint density at radius 3 is 2.53 bits per heavy atom. The Hall–Kier alpha value is -0.0800. The Kier molecular flexibility index (Phi) is 7.03. The van der Waals surface area contributed by atoms with E-state index in [2.05, 4.69) is 6.92 Å². The second-order valence-electron chi connectivity index (χ2n) is 4.74. The van der Waals surface area contributed by atoms with Crippen molar-refractivity contribution in [2.24, 2.45) is 5.73 Å². The van der Waals surface area contributed by atoms with Crippen molar-refractivity contribution >= 4 is 0 Å². The van der Waals surface area contributed by atoms with Crippen LogP contribution in [0, 0.1) is 0 Å². The fourth-order valence-corrected chi connectivity index (χ4v) is 2.42. The van der Waals surface area contributed by atoms with E-state index in [1.54, 1.807) is 0 Å². The Bertz CT molecular complexity index is 143. The molecule has 0 aliphatic heterocycles. The Labute approximate surface area is 94.6 Å². The molecule has 15 heavy (non-hydrogen) atoms. The minimum absolute atomic E-state index is 0.474. The number of nitrogens with two attached hydrogens (primary N) is 1. The third-order valence-electron chi connectivity index (χ3n) is 3.28. The second kappa shape index (κ2) is 8.12. The third kappa shape index (κ3) is 5.53. The van der Waals surface area contributed by atoms with E-state index in [0.717, 1.165) is 19.4 Å². The van der Waals surface area contributed by atoms with Gasteiger partial charge in [0.05, 0.1) is 12.2 Å². The van der Waals surface area contributed by atoms with Gasteiger partial charge in [0, 0.05) is 0 Å². The molecule has 1 saturated carbocycles. The van der Waals surface area contributed by atoms with E-state index < -0.39 is 0 Å². The molecule has 0 aromatic rings. The van der Waals surface area contributed by atoms with Crippen molar-refractivity contribution in [3.63, 3.8) is 0 Å². The highest BCUT2D eigenvalue weighted by Crippen LogP contribution is 2.23. The molecule has 90 valence electrons. The summed E-state index contributed by atoms with van der Waals surface area (Å²) in [4.78, 5) is 0. The van der Waals surface area contributed by atoms with Crippen molar-refractivity contribution in [2.75, 3.05) is 6.54 Å². The quantitative estimate of drug-likeness (QED) is 0.704. The average molecular weight is 213 g/mol. The van der Waals surface area contributed by atoms with Crippen LogP contribution in [0.5, 0.6) is 0 Å². The van der Waals surface area contributed by atoms with Gasteiger partial charge >= 0.3 is 0 Å². The highest BCUT2D eigenvalue weighted by Gasteiger charge is 2.18. The van der Waals surface area contributed by atoms with Gasteiger partial charge in [-0.1, -0.05) is 32.6 Å². The molecule has 0 saturated heterocycles. The maximum Gasteiger partial charge on any atom is 0.0579 e. The number of rotatable bonds is 7. The van der Waals surface area contributed by atoms with Gasteiger partial charge in [0.1, 0.15) is 0 Å². The fraction of sp³-hybridized carbons (Fsp3) is 1.00. The molecule has 1 unspecified atom stereocenters. The normalized spacial score (nSPS) is 20.4. The van der Waals surface area contributed by atoms with Gasteiger partial charge in [-0.05, 0) is 38.6 Å². The zero-order valence-corrected chi connectivity index (χ0v) is 10.2. The largest absolute Gasteiger partial charge is 0.375 e. The van der Waals surface area contributed by atoms with Crippen LogP contribution in [0.25, 0.3) is 0 Å². The smallest absolute Gasteiger partial charge is 0.0579 e. The molecular weight excluding hydrogens is 186 g/mol. The molecule has 0 heterocycles. The van der Waals surface area contributed by atoms with E-state index in [1.165, 1.54) is 44.9 Å². The summed E-state index contributed by atoms with van der Waals surface area (Å²) in [6, 6.07) is 0. The van der Waals surface area contributed by atoms with Gasteiger partial charge in [0.2, 0.25) is 0 Å². The van der Waals surface area contributed by atoms with Crippen LogP contribution in [-0.2, 0) is 4.74 Å². The maximum absolute atomic E-state index is 6.18. The second-order valence-corrected chi connectivity index (χ2v) is 4.74. The van der Waals surface area contributed by atoms with Gasteiger partial charge in [0.15, 0.2) is 0 Å². The molecule has 1 rings (SSSR count). The topological polar surface area (TPSA) is 35.2 Å². The highest BCUT2D eigenvalue weighted by molar-refractivity contribution is 4.68. The summed E-state index contributed by atoms with van der Waals surface area (Å²) in [5, 5.41) is 0. The first-order valence-electron chi connectivity index (χ1n) is 6.72. The van der Waals surface area contributed by atoms with Crippen LogP contribution >= 0.6 is 0 Å². The van der Waals surface area contributed by atoms with Crippen molar-refractivity contribution in [2.45, 2.75) is 76.9 Å². The summed E-state index contributed by atoms with van der Waals surface area (Å²) >= 11 is 0. The van der Waals surface area contributed by atoms with Crippen LogP contribution in [0.4, 0.5) is 0 Å². The summed E-state index contributed by atoms with van der Waals surface area (Å²) in [7, 11) is 0. The predicted octanol–water partition coefficient (Wildman–Crippen LogP) is 3.24. The summed E-state index contributed by atoms with van der Waals surface area (Å²) in [5.41, 5.74) is 5.55. The molecule has 1 aliphatic carbocycles. The molecule has 0 aromatic heterocycles. The highest BCUT2D eigenvalue weighted by atomic mass is 16.5. The van der Waals surface area contributed by atoms with Gasteiger partial charge in [-0.3, -0.25) is 0 Å². The number of ether oxygens (including phenoxy) is 1. The van der Waals surface area contributed by atoms with E-state index in [9.17, 15) is 0 Å². The lowest BCUT2D eigenvalue weighted by Crippen LogP contribution is -2.25. The molecule has 1 aliphatic rings. The first-order chi connectivity index (χ1) is 7.36. The van der Waals surface area contributed by atoms with Gasteiger partial charge < -0.3 is 10.5 Å². The average Bonchev–Trinajstić information content (AvgIpc) is 2.28. The van der Waals surface area contributed by atoms with E-state index in [4.69, 9.17) is 10.5 Å². The van der Waals surface area contributed by atoms with E-state index in [1.807, 2.05) is 0 Å². The standard InChI is InChI=1S/C13H27NO/c1-2-7-12(10-6-11-14)15-13-8-4-3-5-9-13/h12-13H,2-11,14H2,1H3. The summed E-state index contributed by atoms with van der Waals surface area (Å²) in [5.74, 6) is 0. The lowest BCUT2D eigenvalue weighted by atomic mass is 9.97. The van der Waals surface area contributed by atoms with Gasteiger partial charge in [-0.25, -0.2) is 0 Å². The van der Waals surface area contributed by atoms with Crippen molar-refractivity contribution in [1.82, 2.24) is 0 Å². The van der Waals surface area contributed by atoms with Gasteiger partial charge in [0.25, 0.3) is 0 Å². The molecule has 0 aromatic carbocycles. The van der Waals surface area contributed by atoms with E-state index >= 15 is 0 Å². The third-order valence-corrected chi connectivity index (χ3v) is 3.28. The van der Waals surface area contributed by atoms with E-state index in [0.29, 0.717) is 12.2 Å². The zero-order valence-electron chi connectivity index (χ0n) is 10.2. The molecule has 2 heteroatoms. The van der Waals surface area contributed by atoms with Crippen molar-refractivity contribution in [3.8, 4) is 0 Å². The monoisotopic (exact) mass is 213 g/mol. The van der Waals surface area contributed by atoms with Crippen LogP contribution in [0.2, 0.25) is 0 Å². The first kappa shape index (κ1) is 13.0. The molecule has 0 spiro atoms. The minimum atomic E-state index is 0.474. The fourth-order valence-electron chi connectivity index (χ4n) is 2.42. The van der Waals surface area contributed by atoms with Crippen LogP contribution in [-0.4, -0.2) is 18.8 Å². The Morgan fingerprint density at radius 1 is 1.20 bits per heavy atom. The van der Waals surface area contributed by atoms with Crippen molar-refractivity contribution < 1.29 is 4.74 Å². The lowest BCUT2D eigenvalue weighted by molar-refractivity contribution is -0.0376. The molecule has 0 radical (unpaired) electrons.